The van der Waals surface area contributed by atoms with Crippen LogP contribution >= 0.6 is 0 Å². The van der Waals surface area contributed by atoms with Gasteiger partial charge in [-0.1, -0.05) is 18.2 Å². The van der Waals surface area contributed by atoms with E-state index in [0.717, 1.165) is 33.3 Å². The minimum Gasteiger partial charge on any atom is -0.361 e. The molecule has 0 saturated heterocycles. The summed E-state index contributed by atoms with van der Waals surface area (Å²) in [6.45, 7) is 0.885. The number of H-pyrrole nitrogens is 1. The van der Waals surface area contributed by atoms with Gasteiger partial charge in [0.15, 0.2) is 0 Å². The Bertz CT molecular complexity index is 1180. The molecule has 3 heterocycles. The van der Waals surface area contributed by atoms with E-state index in [2.05, 4.69) is 16.1 Å². The topological polar surface area (TPSA) is 53.9 Å². The molecule has 0 atom stereocenters. The molecule has 0 fully saturated rings. The van der Waals surface area contributed by atoms with Crippen LogP contribution in [-0.4, -0.2) is 25.6 Å². The van der Waals surface area contributed by atoms with Gasteiger partial charge in [0.2, 0.25) is 0 Å². The maximum Gasteiger partial charge on any atom is 0.257 e. The SMILES string of the molecule is Cn1cc2c(n1)CN(C(=O)c1cc(Cc3cccc4[nH]ccc34)ccc1F)C2. The lowest BCUT2D eigenvalue weighted by Crippen LogP contribution is -2.27. The minimum absolute atomic E-state index is 0.119. The summed E-state index contributed by atoms with van der Waals surface area (Å²) in [6, 6.07) is 12.9. The van der Waals surface area contributed by atoms with Crippen molar-refractivity contribution in [3.63, 3.8) is 0 Å². The molecular formula is C22H19FN4O. The first-order chi connectivity index (χ1) is 13.6. The number of aryl methyl sites for hydroxylation is 1. The van der Waals surface area contributed by atoms with Gasteiger partial charge in [-0.2, -0.15) is 5.10 Å². The molecule has 0 bridgehead atoms. The number of halogens is 1. The van der Waals surface area contributed by atoms with Gasteiger partial charge in [0.1, 0.15) is 5.82 Å². The third-order valence-electron chi connectivity index (χ3n) is 5.32. The molecule has 0 spiro atoms. The van der Waals surface area contributed by atoms with Crippen LogP contribution in [0.1, 0.15) is 32.7 Å². The van der Waals surface area contributed by atoms with Crippen molar-refractivity contribution in [1.82, 2.24) is 19.7 Å². The first-order valence-electron chi connectivity index (χ1n) is 9.22. The molecule has 1 aliphatic rings. The van der Waals surface area contributed by atoms with Crippen LogP contribution in [0.4, 0.5) is 4.39 Å². The van der Waals surface area contributed by atoms with Crippen molar-refractivity contribution in [1.29, 1.82) is 0 Å². The Morgan fingerprint density at radius 3 is 2.96 bits per heavy atom. The maximum atomic E-state index is 14.5. The average molecular weight is 374 g/mol. The fourth-order valence-electron chi connectivity index (χ4n) is 3.98. The van der Waals surface area contributed by atoms with Crippen molar-refractivity contribution in [2.24, 2.45) is 7.05 Å². The quantitative estimate of drug-likeness (QED) is 0.593. The van der Waals surface area contributed by atoms with E-state index in [1.807, 2.05) is 37.6 Å². The van der Waals surface area contributed by atoms with E-state index in [9.17, 15) is 9.18 Å². The smallest absolute Gasteiger partial charge is 0.257 e. The monoisotopic (exact) mass is 374 g/mol. The molecule has 28 heavy (non-hydrogen) atoms. The second kappa shape index (κ2) is 6.34. The lowest BCUT2D eigenvalue weighted by Gasteiger charge is -2.17. The Morgan fingerprint density at radius 1 is 1.21 bits per heavy atom. The molecule has 6 heteroatoms. The van der Waals surface area contributed by atoms with E-state index in [-0.39, 0.29) is 11.5 Å². The van der Waals surface area contributed by atoms with Crippen LogP contribution in [0.5, 0.6) is 0 Å². The molecule has 1 amide bonds. The number of carbonyl (C=O) groups is 1. The number of benzene rings is 2. The van der Waals surface area contributed by atoms with Gasteiger partial charge in [-0.05, 0) is 41.8 Å². The first kappa shape index (κ1) is 16.7. The standard InChI is InChI=1S/C22H19FN4O/c1-26-11-16-12-27(13-21(16)25-26)22(28)18-10-14(5-6-19(18)23)9-15-3-2-4-20-17(15)7-8-24-20/h2-8,10-11,24H,9,12-13H2,1H3. The number of nitrogens with one attached hydrogen (secondary N) is 1. The van der Waals surface area contributed by atoms with Crippen LogP contribution in [-0.2, 0) is 26.6 Å². The highest BCUT2D eigenvalue weighted by atomic mass is 19.1. The normalized spacial score (nSPS) is 13.3. The van der Waals surface area contributed by atoms with Crippen LogP contribution in [0, 0.1) is 5.82 Å². The number of carbonyl (C=O) groups excluding carboxylic acids is 1. The van der Waals surface area contributed by atoms with Crippen LogP contribution in [0.15, 0.2) is 54.9 Å². The van der Waals surface area contributed by atoms with Crippen LogP contribution < -0.4 is 0 Å². The summed E-state index contributed by atoms with van der Waals surface area (Å²) in [4.78, 5) is 17.8. The zero-order chi connectivity index (χ0) is 19.3. The summed E-state index contributed by atoms with van der Waals surface area (Å²) in [7, 11) is 1.86. The van der Waals surface area contributed by atoms with Gasteiger partial charge in [-0.15, -0.1) is 0 Å². The van der Waals surface area contributed by atoms with Crippen molar-refractivity contribution in [2.45, 2.75) is 19.5 Å². The highest BCUT2D eigenvalue weighted by Crippen LogP contribution is 2.26. The van der Waals surface area contributed by atoms with Gasteiger partial charge in [0.25, 0.3) is 5.91 Å². The predicted octanol–water partition coefficient (Wildman–Crippen LogP) is 3.79. The van der Waals surface area contributed by atoms with E-state index in [1.54, 1.807) is 21.7 Å². The summed E-state index contributed by atoms with van der Waals surface area (Å²) in [5, 5.41) is 5.50. The Labute approximate surface area is 161 Å². The number of amides is 1. The number of aromatic nitrogens is 3. The van der Waals surface area contributed by atoms with Gasteiger partial charge in [0.05, 0.1) is 17.8 Å². The third-order valence-corrected chi connectivity index (χ3v) is 5.32. The lowest BCUT2D eigenvalue weighted by molar-refractivity contribution is 0.0744. The zero-order valence-electron chi connectivity index (χ0n) is 15.4. The molecule has 5 rings (SSSR count). The van der Waals surface area contributed by atoms with E-state index in [1.165, 1.54) is 6.07 Å². The van der Waals surface area contributed by atoms with Crippen LogP contribution in [0.3, 0.4) is 0 Å². The number of hydrogen-bond acceptors (Lipinski definition) is 2. The minimum atomic E-state index is -0.487. The number of fused-ring (bicyclic) bond motifs is 2. The molecule has 2 aromatic heterocycles. The largest absolute Gasteiger partial charge is 0.361 e. The zero-order valence-corrected chi connectivity index (χ0v) is 15.4. The second-order valence-electron chi connectivity index (χ2n) is 7.28. The third kappa shape index (κ3) is 2.78. The summed E-state index contributed by atoms with van der Waals surface area (Å²) >= 11 is 0. The van der Waals surface area contributed by atoms with Gasteiger partial charge >= 0.3 is 0 Å². The van der Waals surface area contributed by atoms with Crippen molar-refractivity contribution in [2.75, 3.05) is 0 Å². The molecule has 1 N–H and O–H groups in total. The molecule has 0 radical (unpaired) electrons. The summed E-state index contributed by atoms with van der Waals surface area (Å²) < 4.78 is 16.2. The Hall–Kier alpha value is -3.41. The molecule has 2 aromatic carbocycles. The molecule has 1 aliphatic heterocycles. The fraction of sp³-hybridized carbons (Fsp3) is 0.182. The van der Waals surface area contributed by atoms with Crippen molar-refractivity contribution < 1.29 is 9.18 Å². The highest BCUT2D eigenvalue weighted by molar-refractivity contribution is 5.95. The first-order valence-corrected chi connectivity index (χ1v) is 9.22. The highest BCUT2D eigenvalue weighted by Gasteiger charge is 2.28. The number of aromatic amines is 1. The maximum absolute atomic E-state index is 14.5. The van der Waals surface area contributed by atoms with Crippen LogP contribution in [0.2, 0.25) is 0 Å². The van der Waals surface area contributed by atoms with Crippen molar-refractivity contribution in [3.05, 3.63) is 88.6 Å². The van der Waals surface area contributed by atoms with E-state index in [4.69, 9.17) is 0 Å². The van der Waals surface area contributed by atoms with E-state index >= 15 is 0 Å². The van der Waals surface area contributed by atoms with Gasteiger partial charge in [0, 0.05) is 42.5 Å². The number of nitrogens with zero attached hydrogens (tertiary/aromatic N) is 3. The average Bonchev–Trinajstić information content (AvgIpc) is 3.37. The van der Waals surface area contributed by atoms with Gasteiger partial charge < -0.3 is 9.88 Å². The molecule has 0 saturated carbocycles. The van der Waals surface area contributed by atoms with E-state index < -0.39 is 5.82 Å². The van der Waals surface area contributed by atoms with E-state index in [0.29, 0.717) is 19.5 Å². The molecular weight excluding hydrogens is 355 g/mol. The van der Waals surface area contributed by atoms with Gasteiger partial charge in [-0.3, -0.25) is 9.48 Å². The predicted molar refractivity (Wildman–Crippen MR) is 104 cm³/mol. The summed E-state index contributed by atoms with van der Waals surface area (Å²) in [6.07, 6.45) is 4.46. The Kier molecular flexibility index (Phi) is 3.79. The van der Waals surface area contributed by atoms with Crippen molar-refractivity contribution >= 4 is 16.8 Å². The van der Waals surface area contributed by atoms with Gasteiger partial charge in [-0.25, -0.2) is 4.39 Å². The summed E-state index contributed by atoms with van der Waals surface area (Å²) in [5.41, 5.74) is 5.14. The number of rotatable bonds is 3. The molecule has 0 unspecified atom stereocenters. The summed E-state index contributed by atoms with van der Waals surface area (Å²) in [5.74, 6) is -0.779. The molecule has 4 aromatic rings. The fourth-order valence-corrected chi connectivity index (χ4v) is 3.98. The Morgan fingerprint density at radius 2 is 2.11 bits per heavy atom. The number of hydrogen-bond donors (Lipinski definition) is 1. The second-order valence-corrected chi connectivity index (χ2v) is 7.28. The Balaban J connectivity index is 1.42. The lowest BCUT2D eigenvalue weighted by atomic mass is 9.99. The molecule has 140 valence electrons. The molecule has 0 aliphatic carbocycles. The molecule has 5 nitrogen and oxygen atoms in total. The van der Waals surface area contributed by atoms with Crippen LogP contribution in [0.25, 0.3) is 10.9 Å². The van der Waals surface area contributed by atoms with Crippen molar-refractivity contribution in [3.8, 4) is 0 Å².